The monoisotopic (exact) mass is 282 g/mol. The van der Waals surface area contributed by atoms with Crippen LogP contribution in [0.5, 0.6) is 0 Å². The van der Waals surface area contributed by atoms with Gasteiger partial charge in [0.2, 0.25) is 5.91 Å². The van der Waals surface area contributed by atoms with E-state index in [9.17, 15) is 4.79 Å². The van der Waals surface area contributed by atoms with Crippen LogP contribution in [0.3, 0.4) is 0 Å². The van der Waals surface area contributed by atoms with E-state index in [1.165, 1.54) is 6.92 Å². The van der Waals surface area contributed by atoms with Crippen molar-refractivity contribution in [3.05, 3.63) is 30.6 Å². The second-order valence-corrected chi connectivity index (χ2v) is 5.65. The number of aromatic nitrogens is 3. The summed E-state index contributed by atoms with van der Waals surface area (Å²) in [5.74, 6) is 0.898. The molecule has 0 saturated heterocycles. The summed E-state index contributed by atoms with van der Waals surface area (Å²) in [6, 6.07) is 7.93. The van der Waals surface area contributed by atoms with Crippen molar-refractivity contribution in [1.82, 2.24) is 14.5 Å². The van der Waals surface area contributed by atoms with Crippen LogP contribution in [0.15, 0.2) is 30.6 Å². The summed E-state index contributed by atoms with van der Waals surface area (Å²) in [6.45, 7) is 6.70. The van der Waals surface area contributed by atoms with Gasteiger partial charge >= 0.3 is 0 Å². The summed E-state index contributed by atoms with van der Waals surface area (Å²) in [5.41, 5.74) is 2.63. The fourth-order valence-corrected chi connectivity index (χ4v) is 2.57. The predicted molar refractivity (Wildman–Crippen MR) is 84.2 cm³/mol. The first-order valence-corrected chi connectivity index (χ1v) is 7.07. The number of rotatable bonds is 3. The van der Waals surface area contributed by atoms with Crippen LogP contribution in [0.2, 0.25) is 0 Å². The number of imidazole rings is 1. The molecule has 3 rings (SSSR count). The molecule has 5 nitrogen and oxygen atoms in total. The number of benzene rings is 1. The third-order valence-corrected chi connectivity index (χ3v) is 3.31. The Bertz CT molecular complexity index is 820. The van der Waals surface area contributed by atoms with Crippen molar-refractivity contribution in [2.75, 3.05) is 5.32 Å². The van der Waals surface area contributed by atoms with E-state index in [0.717, 1.165) is 28.5 Å². The number of para-hydroxylation sites is 1. The number of hydrogen-bond donors (Lipinski definition) is 1. The number of carbonyl (C=O) groups is 1. The second kappa shape index (κ2) is 5.16. The minimum Gasteiger partial charge on any atom is -0.330 e. The summed E-state index contributed by atoms with van der Waals surface area (Å²) >= 11 is 0. The Balaban J connectivity index is 2.33. The molecule has 2 aromatic heterocycles. The molecule has 0 aliphatic heterocycles. The highest BCUT2D eigenvalue weighted by atomic mass is 16.1. The van der Waals surface area contributed by atoms with Crippen LogP contribution in [0.1, 0.15) is 20.8 Å². The molecule has 3 aromatic rings. The van der Waals surface area contributed by atoms with E-state index in [2.05, 4.69) is 33.7 Å². The standard InChI is InChI=1S/C16H18N4O/c1-10(2)8-20-9-17-14-15(20)12-6-4-5-7-13(12)19-16(14)18-11(3)21/h4-7,9-10H,8H2,1-3H3,(H,18,19,21). The molecule has 0 bridgehead atoms. The first kappa shape index (κ1) is 13.5. The average Bonchev–Trinajstić information content (AvgIpc) is 2.82. The van der Waals surface area contributed by atoms with E-state index < -0.39 is 0 Å². The third-order valence-electron chi connectivity index (χ3n) is 3.31. The Morgan fingerprint density at radius 2 is 2.10 bits per heavy atom. The van der Waals surface area contributed by atoms with Crippen LogP contribution in [0.25, 0.3) is 21.9 Å². The lowest BCUT2D eigenvalue weighted by Gasteiger charge is -2.10. The topological polar surface area (TPSA) is 59.8 Å². The van der Waals surface area contributed by atoms with Crippen molar-refractivity contribution >= 4 is 33.7 Å². The highest BCUT2D eigenvalue weighted by Gasteiger charge is 2.15. The first-order valence-electron chi connectivity index (χ1n) is 7.07. The van der Waals surface area contributed by atoms with Crippen molar-refractivity contribution in [1.29, 1.82) is 0 Å². The van der Waals surface area contributed by atoms with Crippen LogP contribution < -0.4 is 5.32 Å². The van der Waals surface area contributed by atoms with Crippen LogP contribution in [0.4, 0.5) is 5.82 Å². The molecule has 1 N–H and O–H groups in total. The molecule has 1 amide bonds. The van der Waals surface area contributed by atoms with Crippen molar-refractivity contribution in [3.63, 3.8) is 0 Å². The van der Waals surface area contributed by atoms with Gasteiger partial charge in [0.05, 0.1) is 17.4 Å². The quantitative estimate of drug-likeness (QED) is 0.802. The molecule has 0 radical (unpaired) electrons. The lowest BCUT2D eigenvalue weighted by Crippen LogP contribution is -2.09. The van der Waals surface area contributed by atoms with E-state index in [-0.39, 0.29) is 5.91 Å². The molecular weight excluding hydrogens is 264 g/mol. The summed E-state index contributed by atoms with van der Waals surface area (Å²) in [7, 11) is 0. The molecule has 0 unspecified atom stereocenters. The van der Waals surface area contributed by atoms with Crippen molar-refractivity contribution in [3.8, 4) is 0 Å². The zero-order chi connectivity index (χ0) is 15.0. The lowest BCUT2D eigenvalue weighted by atomic mass is 10.1. The van der Waals surface area contributed by atoms with Gasteiger partial charge in [-0.2, -0.15) is 0 Å². The van der Waals surface area contributed by atoms with Crippen LogP contribution >= 0.6 is 0 Å². The fraction of sp³-hybridized carbons (Fsp3) is 0.312. The number of fused-ring (bicyclic) bond motifs is 3. The van der Waals surface area contributed by atoms with Gasteiger partial charge in [-0.15, -0.1) is 0 Å². The van der Waals surface area contributed by atoms with Crippen LogP contribution in [0, 0.1) is 5.92 Å². The minimum absolute atomic E-state index is 0.141. The molecule has 1 aromatic carbocycles. The highest BCUT2D eigenvalue weighted by molar-refractivity contribution is 6.09. The van der Waals surface area contributed by atoms with Crippen molar-refractivity contribution < 1.29 is 4.79 Å². The maximum atomic E-state index is 11.4. The van der Waals surface area contributed by atoms with Crippen molar-refractivity contribution in [2.45, 2.75) is 27.3 Å². The SMILES string of the molecule is CC(=O)Nc1nc2ccccc2c2c1ncn2CC(C)C. The Kier molecular flexibility index (Phi) is 3.33. The molecule has 21 heavy (non-hydrogen) atoms. The first-order chi connectivity index (χ1) is 10.1. The van der Waals surface area contributed by atoms with E-state index in [0.29, 0.717) is 11.7 Å². The highest BCUT2D eigenvalue weighted by Crippen LogP contribution is 2.28. The maximum absolute atomic E-state index is 11.4. The van der Waals surface area contributed by atoms with Gasteiger partial charge < -0.3 is 9.88 Å². The zero-order valence-electron chi connectivity index (χ0n) is 12.4. The average molecular weight is 282 g/mol. The van der Waals surface area contributed by atoms with Gasteiger partial charge in [0.15, 0.2) is 5.82 Å². The maximum Gasteiger partial charge on any atom is 0.222 e. The van der Waals surface area contributed by atoms with E-state index in [1.807, 2.05) is 30.6 Å². The zero-order valence-corrected chi connectivity index (χ0v) is 12.4. The Labute approximate surface area is 123 Å². The number of anilines is 1. The smallest absolute Gasteiger partial charge is 0.222 e. The summed E-state index contributed by atoms with van der Waals surface area (Å²) in [4.78, 5) is 20.4. The second-order valence-electron chi connectivity index (χ2n) is 5.65. The van der Waals surface area contributed by atoms with Crippen LogP contribution in [-0.4, -0.2) is 20.4 Å². The molecule has 5 heteroatoms. The fourth-order valence-electron chi connectivity index (χ4n) is 2.57. The Morgan fingerprint density at radius 3 is 2.81 bits per heavy atom. The van der Waals surface area contributed by atoms with Gasteiger partial charge in [-0.25, -0.2) is 9.97 Å². The molecule has 0 atom stereocenters. The predicted octanol–water partition coefficient (Wildman–Crippen LogP) is 3.20. The molecule has 2 heterocycles. The van der Waals surface area contributed by atoms with Gasteiger partial charge in [-0.1, -0.05) is 32.0 Å². The number of carbonyl (C=O) groups excluding carboxylic acids is 1. The molecule has 0 fully saturated rings. The summed E-state index contributed by atoms with van der Waals surface area (Å²) in [5, 5.41) is 3.84. The van der Waals surface area contributed by atoms with Gasteiger partial charge in [0.1, 0.15) is 5.52 Å². The molecule has 0 saturated carbocycles. The summed E-state index contributed by atoms with van der Waals surface area (Å²) in [6.07, 6.45) is 1.82. The number of amides is 1. The number of pyridine rings is 1. The van der Waals surface area contributed by atoms with Gasteiger partial charge in [-0.3, -0.25) is 4.79 Å². The van der Waals surface area contributed by atoms with E-state index in [4.69, 9.17) is 0 Å². The molecule has 108 valence electrons. The minimum atomic E-state index is -0.141. The Hall–Kier alpha value is -2.43. The number of hydrogen-bond acceptors (Lipinski definition) is 3. The van der Waals surface area contributed by atoms with E-state index in [1.54, 1.807) is 0 Å². The normalized spacial score (nSPS) is 11.4. The lowest BCUT2D eigenvalue weighted by molar-refractivity contribution is -0.114. The van der Waals surface area contributed by atoms with Gasteiger partial charge in [-0.05, 0) is 12.0 Å². The molecule has 0 spiro atoms. The summed E-state index contributed by atoms with van der Waals surface area (Å²) < 4.78 is 2.13. The molecular formula is C16H18N4O. The van der Waals surface area contributed by atoms with Crippen LogP contribution in [-0.2, 0) is 11.3 Å². The molecule has 0 aliphatic rings. The number of nitrogens with zero attached hydrogens (tertiary/aromatic N) is 3. The van der Waals surface area contributed by atoms with Gasteiger partial charge in [0.25, 0.3) is 0 Å². The van der Waals surface area contributed by atoms with Gasteiger partial charge in [0, 0.05) is 18.9 Å². The third kappa shape index (κ3) is 2.46. The molecule has 0 aliphatic carbocycles. The largest absolute Gasteiger partial charge is 0.330 e. The van der Waals surface area contributed by atoms with Crippen molar-refractivity contribution in [2.24, 2.45) is 5.92 Å². The number of nitrogens with one attached hydrogen (secondary N) is 1. The van der Waals surface area contributed by atoms with E-state index >= 15 is 0 Å². The Morgan fingerprint density at radius 1 is 1.33 bits per heavy atom.